The van der Waals surface area contributed by atoms with Gasteiger partial charge in [0.2, 0.25) is 0 Å². The number of ether oxygens (including phenoxy) is 1. The van der Waals surface area contributed by atoms with E-state index in [0.29, 0.717) is 6.54 Å². The highest BCUT2D eigenvalue weighted by molar-refractivity contribution is 5.78. The number of hydrogen-bond donors (Lipinski definition) is 2. The molecular weight excluding hydrogens is 244 g/mol. The molecule has 1 atom stereocenters. The van der Waals surface area contributed by atoms with Gasteiger partial charge in [-0.15, -0.1) is 0 Å². The zero-order chi connectivity index (χ0) is 13.8. The first kappa shape index (κ1) is 14.4. The van der Waals surface area contributed by atoms with Crippen molar-refractivity contribution in [2.75, 3.05) is 13.2 Å². The average molecular weight is 259 g/mol. The van der Waals surface area contributed by atoms with E-state index >= 15 is 0 Å². The fourth-order valence-corrected chi connectivity index (χ4v) is 1.37. The van der Waals surface area contributed by atoms with Gasteiger partial charge in [-0.25, -0.2) is 8.78 Å². The third kappa shape index (κ3) is 3.40. The Kier molecular flexibility index (Phi) is 4.61. The van der Waals surface area contributed by atoms with E-state index in [1.807, 2.05) is 0 Å². The molecule has 0 radical (unpaired) electrons. The number of aliphatic carboxylic acids is 1. The molecule has 0 aliphatic carbocycles. The molecule has 0 saturated carbocycles. The maximum absolute atomic E-state index is 12.9. The smallest absolute Gasteiger partial charge is 0.327 e. The first-order chi connectivity index (χ1) is 8.39. The van der Waals surface area contributed by atoms with Crippen LogP contribution in [0.5, 0.6) is 5.75 Å². The molecule has 1 unspecified atom stereocenters. The molecule has 6 heteroatoms. The maximum Gasteiger partial charge on any atom is 0.327 e. The molecule has 0 heterocycles. The molecule has 100 valence electrons. The fraction of sp³-hybridized carbons (Fsp3) is 0.417. The van der Waals surface area contributed by atoms with Crippen LogP contribution < -0.4 is 10.1 Å². The summed E-state index contributed by atoms with van der Waals surface area (Å²) in [5, 5.41) is 11.8. The summed E-state index contributed by atoms with van der Waals surface area (Å²) in [6.07, 6.45) is 0. The summed E-state index contributed by atoms with van der Waals surface area (Å²) >= 11 is 0. The first-order valence-corrected chi connectivity index (χ1v) is 5.45. The number of rotatable bonds is 6. The number of benzene rings is 1. The van der Waals surface area contributed by atoms with E-state index in [9.17, 15) is 13.6 Å². The Bertz CT molecular complexity index is 439. The molecule has 1 rings (SSSR count). The van der Waals surface area contributed by atoms with Crippen LogP contribution in [0.1, 0.15) is 13.8 Å². The number of carboxylic acid groups (broad SMARTS) is 1. The Morgan fingerprint density at radius 3 is 2.61 bits per heavy atom. The van der Waals surface area contributed by atoms with E-state index in [1.165, 1.54) is 13.0 Å². The van der Waals surface area contributed by atoms with E-state index in [4.69, 9.17) is 9.84 Å². The quantitative estimate of drug-likeness (QED) is 0.817. The van der Waals surface area contributed by atoms with Crippen molar-refractivity contribution in [2.45, 2.75) is 19.4 Å². The average Bonchev–Trinajstić information content (AvgIpc) is 2.31. The third-order valence-electron chi connectivity index (χ3n) is 2.46. The van der Waals surface area contributed by atoms with E-state index in [0.717, 1.165) is 12.1 Å². The van der Waals surface area contributed by atoms with E-state index < -0.39 is 23.1 Å². The second-order valence-corrected chi connectivity index (χ2v) is 4.03. The van der Waals surface area contributed by atoms with E-state index in [-0.39, 0.29) is 12.4 Å². The molecular formula is C12H15F2NO3. The van der Waals surface area contributed by atoms with E-state index in [2.05, 4.69) is 5.32 Å². The first-order valence-electron chi connectivity index (χ1n) is 5.45. The summed E-state index contributed by atoms with van der Waals surface area (Å²) in [6, 6.07) is 3.05. The van der Waals surface area contributed by atoms with Crippen molar-refractivity contribution in [2.24, 2.45) is 0 Å². The minimum atomic E-state index is -1.28. The minimum Gasteiger partial charge on any atom is -0.491 e. The highest BCUT2D eigenvalue weighted by Crippen LogP contribution is 2.17. The molecule has 4 nitrogen and oxygen atoms in total. The molecule has 2 N–H and O–H groups in total. The van der Waals surface area contributed by atoms with Crippen molar-refractivity contribution >= 4 is 5.97 Å². The molecule has 1 aromatic carbocycles. The lowest BCUT2D eigenvalue weighted by Gasteiger charge is -2.25. The van der Waals surface area contributed by atoms with Crippen molar-refractivity contribution in [3.8, 4) is 5.75 Å². The summed E-state index contributed by atoms with van der Waals surface area (Å²) in [7, 11) is 0. The predicted molar refractivity (Wildman–Crippen MR) is 61.6 cm³/mol. The van der Waals surface area contributed by atoms with Gasteiger partial charge < -0.3 is 9.84 Å². The van der Waals surface area contributed by atoms with Gasteiger partial charge in [-0.1, -0.05) is 6.92 Å². The third-order valence-corrected chi connectivity index (χ3v) is 2.46. The van der Waals surface area contributed by atoms with Crippen molar-refractivity contribution in [3.05, 3.63) is 29.8 Å². The Morgan fingerprint density at radius 2 is 2.11 bits per heavy atom. The monoisotopic (exact) mass is 259 g/mol. The standard InChI is InChI=1S/C12H15F2NO3/c1-3-15-12(2,11(16)17)7-18-8-4-5-9(13)10(14)6-8/h4-6,15H,3,7H2,1-2H3,(H,16,17). The number of halogens is 2. The molecule has 0 spiro atoms. The lowest BCUT2D eigenvalue weighted by Crippen LogP contribution is -2.53. The van der Waals surface area contributed by atoms with Crippen LogP contribution in [0.15, 0.2) is 18.2 Å². The van der Waals surface area contributed by atoms with Crippen LogP contribution in [0.25, 0.3) is 0 Å². The van der Waals surface area contributed by atoms with E-state index in [1.54, 1.807) is 6.92 Å². The Balaban J connectivity index is 2.73. The van der Waals surface area contributed by atoms with Gasteiger partial charge in [-0.3, -0.25) is 10.1 Å². The van der Waals surface area contributed by atoms with Gasteiger partial charge in [0.15, 0.2) is 11.6 Å². The summed E-state index contributed by atoms with van der Waals surface area (Å²) in [6.45, 7) is 3.47. The Hall–Kier alpha value is -1.69. The largest absolute Gasteiger partial charge is 0.491 e. The fourth-order valence-electron chi connectivity index (χ4n) is 1.37. The topological polar surface area (TPSA) is 58.6 Å². The number of nitrogens with one attached hydrogen (secondary N) is 1. The lowest BCUT2D eigenvalue weighted by molar-refractivity contribution is -0.145. The highest BCUT2D eigenvalue weighted by Gasteiger charge is 2.33. The van der Waals surface area contributed by atoms with Gasteiger partial charge in [-0.05, 0) is 25.6 Å². The normalized spacial score (nSPS) is 14.0. The van der Waals surface area contributed by atoms with Gasteiger partial charge in [-0.2, -0.15) is 0 Å². The SMILES string of the molecule is CCNC(C)(COc1ccc(F)c(F)c1)C(=O)O. The number of carbonyl (C=O) groups is 1. The highest BCUT2D eigenvalue weighted by atomic mass is 19.2. The zero-order valence-corrected chi connectivity index (χ0v) is 10.2. The van der Waals surface area contributed by atoms with Crippen LogP contribution in [0, 0.1) is 11.6 Å². The maximum atomic E-state index is 12.9. The van der Waals surface area contributed by atoms with Gasteiger partial charge in [0, 0.05) is 6.07 Å². The second kappa shape index (κ2) is 5.77. The van der Waals surface area contributed by atoms with Crippen molar-refractivity contribution in [3.63, 3.8) is 0 Å². The Labute approximate surface area is 104 Å². The van der Waals surface area contributed by atoms with Crippen LogP contribution in [0.3, 0.4) is 0 Å². The molecule has 0 aromatic heterocycles. The molecule has 0 aliphatic heterocycles. The Morgan fingerprint density at radius 1 is 1.44 bits per heavy atom. The summed E-state index contributed by atoms with van der Waals surface area (Å²) in [5.74, 6) is -3.01. The van der Waals surface area contributed by atoms with Crippen molar-refractivity contribution in [1.82, 2.24) is 5.32 Å². The summed E-state index contributed by atoms with van der Waals surface area (Å²) in [5.41, 5.74) is -1.28. The van der Waals surface area contributed by atoms with Crippen molar-refractivity contribution < 1.29 is 23.4 Å². The second-order valence-electron chi connectivity index (χ2n) is 4.03. The number of carboxylic acids is 1. The van der Waals surface area contributed by atoms with Gasteiger partial charge >= 0.3 is 5.97 Å². The van der Waals surface area contributed by atoms with Gasteiger partial charge in [0.25, 0.3) is 0 Å². The van der Waals surface area contributed by atoms with Crippen LogP contribution in [-0.2, 0) is 4.79 Å². The molecule has 0 bridgehead atoms. The van der Waals surface area contributed by atoms with Crippen LogP contribution in [0.4, 0.5) is 8.78 Å². The summed E-state index contributed by atoms with van der Waals surface area (Å²) in [4.78, 5) is 11.1. The molecule has 0 saturated heterocycles. The molecule has 0 aliphatic rings. The lowest BCUT2D eigenvalue weighted by atomic mass is 10.0. The number of hydrogen-bond acceptors (Lipinski definition) is 3. The zero-order valence-electron chi connectivity index (χ0n) is 10.2. The molecule has 0 fully saturated rings. The van der Waals surface area contributed by atoms with Crippen LogP contribution in [-0.4, -0.2) is 29.8 Å². The van der Waals surface area contributed by atoms with Gasteiger partial charge in [0.05, 0.1) is 0 Å². The predicted octanol–water partition coefficient (Wildman–Crippen LogP) is 1.80. The molecule has 18 heavy (non-hydrogen) atoms. The molecule has 1 aromatic rings. The summed E-state index contributed by atoms with van der Waals surface area (Å²) < 4.78 is 30.8. The van der Waals surface area contributed by atoms with Gasteiger partial charge in [0.1, 0.15) is 17.9 Å². The number of likely N-dealkylation sites (N-methyl/N-ethyl adjacent to an activating group) is 1. The van der Waals surface area contributed by atoms with Crippen LogP contribution in [0.2, 0.25) is 0 Å². The molecule has 0 amide bonds. The van der Waals surface area contributed by atoms with Crippen LogP contribution >= 0.6 is 0 Å². The minimum absolute atomic E-state index is 0.0827. The van der Waals surface area contributed by atoms with Crippen molar-refractivity contribution in [1.29, 1.82) is 0 Å².